The Balaban J connectivity index is 1.74. The molecule has 1 aliphatic heterocycles. The lowest BCUT2D eigenvalue weighted by Gasteiger charge is -2.24. The number of allylic oxidation sites excluding steroid dienone is 2. The Morgan fingerprint density at radius 3 is 2.82 bits per heavy atom. The number of nitrogens with zero attached hydrogens (tertiary/aromatic N) is 4. The molecule has 1 atom stereocenters. The van der Waals surface area contributed by atoms with Crippen LogP contribution in [0.15, 0.2) is 47.5 Å². The van der Waals surface area contributed by atoms with Crippen LogP contribution < -0.4 is 4.90 Å². The van der Waals surface area contributed by atoms with Crippen LogP contribution in [-0.2, 0) is 21.5 Å². The van der Waals surface area contributed by atoms with Crippen LogP contribution >= 0.6 is 11.8 Å². The summed E-state index contributed by atoms with van der Waals surface area (Å²) in [4.78, 5) is 15.1. The fourth-order valence-corrected chi connectivity index (χ4v) is 4.46. The molecule has 1 aromatic heterocycles. The van der Waals surface area contributed by atoms with Crippen molar-refractivity contribution in [1.29, 1.82) is 0 Å². The maximum absolute atomic E-state index is 13.0. The van der Waals surface area contributed by atoms with Crippen molar-refractivity contribution >= 4 is 23.2 Å². The molecule has 3 rings (SSSR count). The molecule has 28 heavy (non-hydrogen) atoms. The van der Waals surface area contributed by atoms with Crippen LogP contribution in [-0.4, -0.2) is 46.6 Å². The van der Waals surface area contributed by atoms with Gasteiger partial charge < -0.3 is 14.2 Å². The van der Waals surface area contributed by atoms with Gasteiger partial charge in [-0.15, -0.1) is 10.2 Å². The topological polar surface area (TPSA) is 60.2 Å². The zero-order valence-electron chi connectivity index (χ0n) is 17.2. The van der Waals surface area contributed by atoms with E-state index < -0.39 is 0 Å². The summed E-state index contributed by atoms with van der Waals surface area (Å²) in [5.74, 6) is 0.0826. The zero-order chi connectivity index (χ0) is 20.3. The van der Waals surface area contributed by atoms with E-state index in [-0.39, 0.29) is 16.4 Å². The molecule has 150 valence electrons. The first-order valence-corrected chi connectivity index (χ1v) is 10.4. The van der Waals surface area contributed by atoms with Crippen molar-refractivity contribution in [2.75, 3.05) is 25.7 Å². The maximum atomic E-state index is 13.0. The lowest BCUT2D eigenvalue weighted by molar-refractivity contribution is -0.114. The summed E-state index contributed by atoms with van der Waals surface area (Å²) in [6.07, 6.45) is 4.38. The molecule has 6 nitrogen and oxygen atoms in total. The lowest BCUT2D eigenvalue weighted by Crippen LogP contribution is -2.25. The van der Waals surface area contributed by atoms with Gasteiger partial charge in [0.2, 0.25) is 0 Å². The summed E-state index contributed by atoms with van der Waals surface area (Å²) in [6.45, 7) is 7.71. The number of fused-ring (bicyclic) bond motifs is 1. The number of rotatable bonds is 8. The molecule has 0 bridgehead atoms. The molecule has 1 aromatic carbocycles. The van der Waals surface area contributed by atoms with Crippen molar-refractivity contribution in [3.05, 3.63) is 47.9 Å². The van der Waals surface area contributed by atoms with Crippen molar-refractivity contribution in [3.63, 3.8) is 0 Å². The predicted molar refractivity (Wildman–Crippen MR) is 113 cm³/mol. The molecule has 0 saturated carbocycles. The Labute approximate surface area is 171 Å². The van der Waals surface area contributed by atoms with Gasteiger partial charge in [0.25, 0.3) is 0 Å². The summed E-state index contributed by atoms with van der Waals surface area (Å²) in [5, 5.41) is 8.69. The van der Waals surface area contributed by atoms with Gasteiger partial charge in [0.1, 0.15) is 6.33 Å². The average Bonchev–Trinajstić information content (AvgIpc) is 3.18. The average molecular weight is 401 g/mol. The molecule has 7 heteroatoms. The fraction of sp³-hybridized carbons (Fsp3) is 0.476. The number of carbonyl (C=O) groups is 1. The number of aryl methyl sites for hydroxylation is 1. The number of ether oxygens (including phenoxy) is 1. The highest BCUT2D eigenvalue weighted by Crippen LogP contribution is 2.46. The molecule has 0 aliphatic carbocycles. The van der Waals surface area contributed by atoms with Crippen LogP contribution in [0.2, 0.25) is 0 Å². The van der Waals surface area contributed by atoms with Gasteiger partial charge in [-0.2, -0.15) is 0 Å². The third-order valence-electron chi connectivity index (χ3n) is 5.23. The molecule has 2 aromatic rings. The monoisotopic (exact) mass is 400 g/mol. The first-order chi connectivity index (χ1) is 13.4. The standard InChI is InChI=1S/C21H28N4O2S/c1-15(28-20-23-22-14-25(20)11-8-12-27-5)18(26)13-19-21(2,3)16-9-6-7-10-17(16)24(19)4/h6-7,9-10,13-15H,8,11-12H2,1-5H3/b19-13+. The second-order valence-corrected chi connectivity index (χ2v) is 8.85. The van der Waals surface area contributed by atoms with Crippen molar-refractivity contribution in [1.82, 2.24) is 14.8 Å². The summed E-state index contributed by atoms with van der Waals surface area (Å²) in [6, 6.07) is 8.32. The van der Waals surface area contributed by atoms with Gasteiger partial charge in [0.05, 0.1) is 5.25 Å². The number of ketones is 1. The molecule has 0 amide bonds. The molecular formula is C21H28N4O2S. The van der Waals surface area contributed by atoms with Crippen LogP contribution in [0.5, 0.6) is 0 Å². The second kappa shape index (κ2) is 8.49. The highest BCUT2D eigenvalue weighted by molar-refractivity contribution is 8.00. The lowest BCUT2D eigenvalue weighted by atomic mass is 9.83. The smallest absolute Gasteiger partial charge is 0.191 e. The third kappa shape index (κ3) is 4.00. The number of likely N-dealkylation sites (N-methyl/N-ethyl adjacent to an activating group) is 1. The largest absolute Gasteiger partial charge is 0.385 e. The number of hydrogen-bond donors (Lipinski definition) is 0. The van der Waals surface area contributed by atoms with E-state index in [0.29, 0.717) is 6.61 Å². The highest BCUT2D eigenvalue weighted by atomic mass is 32.2. The number of methoxy groups -OCH3 is 1. The normalized spacial score (nSPS) is 17.8. The molecule has 2 heterocycles. The first-order valence-electron chi connectivity index (χ1n) is 9.49. The van der Waals surface area contributed by atoms with E-state index in [0.717, 1.165) is 29.5 Å². The molecular weight excluding hydrogens is 372 g/mol. The van der Waals surface area contributed by atoms with Crippen LogP contribution in [0.4, 0.5) is 5.69 Å². The van der Waals surface area contributed by atoms with Crippen molar-refractivity contribution in [2.45, 2.75) is 49.6 Å². The van der Waals surface area contributed by atoms with E-state index in [1.165, 1.54) is 17.3 Å². The molecule has 0 fully saturated rings. The third-order valence-corrected chi connectivity index (χ3v) is 6.34. The van der Waals surface area contributed by atoms with Gasteiger partial charge in [0, 0.05) is 50.2 Å². The van der Waals surface area contributed by atoms with E-state index in [4.69, 9.17) is 4.74 Å². The van der Waals surface area contributed by atoms with Gasteiger partial charge in [-0.3, -0.25) is 4.79 Å². The Bertz CT molecular complexity index is 875. The van der Waals surface area contributed by atoms with E-state index in [1.807, 2.05) is 30.7 Å². The number of carbonyl (C=O) groups excluding carboxylic acids is 1. The quantitative estimate of drug-likeness (QED) is 0.383. The maximum Gasteiger partial charge on any atom is 0.191 e. The Kier molecular flexibility index (Phi) is 6.25. The van der Waals surface area contributed by atoms with E-state index in [1.54, 1.807) is 19.5 Å². The summed E-state index contributed by atoms with van der Waals surface area (Å²) in [7, 11) is 3.72. The van der Waals surface area contributed by atoms with E-state index in [9.17, 15) is 4.79 Å². The molecule has 0 N–H and O–H groups in total. The Morgan fingerprint density at radius 1 is 1.36 bits per heavy atom. The number of benzene rings is 1. The van der Waals surface area contributed by atoms with Gasteiger partial charge in [0.15, 0.2) is 10.9 Å². The summed E-state index contributed by atoms with van der Waals surface area (Å²) in [5.41, 5.74) is 3.22. The minimum atomic E-state index is -0.245. The number of anilines is 1. The van der Waals surface area contributed by atoms with E-state index in [2.05, 4.69) is 41.1 Å². The minimum Gasteiger partial charge on any atom is -0.385 e. The molecule has 0 saturated heterocycles. The molecule has 1 aliphatic rings. The zero-order valence-corrected chi connectivity index (χ0v) is 18.0. The van der Waals surface area contributed by atoms with Crippen molar-refractivity contribution in [2.24, 2.45) is 0 Å². The molecule has 1 unspecified atom stereocenters. The predicted octanol–water partition coefficient (Wildman–Crippen LogP) is 3.68. The van der Waals surface area contributed by atoms with Gasteiger partial charge in [-0.05, 0) is 25.0 Å². The number of para-hydroxylation sites is 1. The van der Waals surface area contributed by atoms with Gasteiger partial charge >= 0.3 is 0 Å². The minimum absolute atomic E-state index is 0.0826. The number of hydrogen-bond acceptors (Lipinski definition) is 6. The summed E-state index contributed by atoms with van der Waals surface area (Å²) < 4.78 is 7.08. The number of aromatic nitrogens is 3. The van der Waals surface area contributed by atoms with Gasteiger partial charge in [-0.1, -0.05) is 43.8 Å². The second-order valence-electron chi connectivity index (χ2n) is 7.55. The van der Waals surface area contributed by atoms with Crippen LogP contribution in [0.3, 0.4) is 0 Å². The van der Waals surface area contributed by atoms with Gasteiger partial charge in [-0.25, -0.2) is 0 Å². The van der Waals surface area contributed by atoms with Crippen LogP contribution in [0.1, 0.15) is 32.8 Å². The Morgan fingerprint density at radius 2 is 2.11 bits per heavy atom. The molecule has 0 radical (unpaired) electrons. The number of thioether (sulfide) groups is 1. The Hall–Kier alpha value is -2.12. The van der Waals surface area contributed by atoms with Crippen LogP contribution in [0.25, 0.3) is 0 Å². The van der Waals surface area contributed by atoms with Crippen molar-refractivity contribution < 1.29 is 9.53 Å². The SMILES string of the molecule is COCCCn1cnnc1SC(C)C(=O)/C=C1/N(C)c2ccccc2C1(C)C. The van der Waals surface area contributed by atoms with Crippen LogP contribution in [0, 0.1) is 0 Å². The molecule has 0 spiro atoms. The van der Waals surface area contributed by atoms with E-state index >= 15 is 0 Å². The fourth-order valence-electron chi connectivity index (χ4n) is 3.60. The first kappa shape index (κ1) is 20.6. The highest BCUT2D eigenvalue weighted by Gasteiger charge is 2.38. The van der Waals surface area contributed by atoms with Crippen molar-refractivity contribution in [3.8, 4) is 0 Å². The summed E-state index contributed by atoms with van der Waals surface area (Å²) >= 11 is 1.45.